The highest BCUT2D eigenvalue weighted by Gasteiger charge is 2.25. The van der Waals surface area contributed by atoms with Crippen LogP contribution in [0.3, 0.4) is 0 Å². The molecular weight excluding hydrogens is 504 g/mol. The first kappa shape index (κ1) is 32.5. The van der Waals surface area contributed by atoms with Crippen molar-refractivity contribution < 1.29 is 14.3 Å². The molecule has 0 saturated heterocycles. The number of rotatable bonds is 9. The summed E-state index contributed by atoms with van der Waals surface area (Å²) in [5, 5.41) is 18.2. The van der Waals surface area contributed by atoms with E-state index in [1.54, 1.807) is 48.2 Å². The summed E-state index contributed by atoms with van der Waals surface area (Å²) in [5.41, 5.74) is 4.18. The van der Waals surface area contributed by atoms with E-state index in [-0.39, 0.29) is 17.9 Å². The second-order valence-electron chi connectivity index (χ2n) is 11.0. The summed E-state index contributed by atoms with van der Waals surface area (Å²) in [6.07, 6.45) is 3.68. The Labute approximate surface area is 239 Å². The summed E-state index contributed by atoms with van der Waals surface area (Å²) in [6, 6.07) is 8.88. The Hall–Kier alpha value is -3.75. The molecule has 3 rings (SSSR count). The van der Waals surface area contributed by atoms with Crippen LogP contribution in [0.5, 0.6) is 5.75 Å². The van der Waals surface area contributed by atoms with Crippen LogP contribution in [0.1, 0.15) is 81.1 Å². The van der Waals surface area contributed by atoms with E-state index in [0.29, 0.717) is 48.0 Å². The molecule has 9 heteroatoms. The SMILES string of the molecule is CC(=N)CCC(C)C.CCC(C)C(=N)c1cccc(NC(=O)c2cc3c(cc2OC)CCN(C(=O)N(C)C)C3)n1. The first-order chi connectivity index (χ1) is 18.9. The number of anilines is 1. The Kier molecular flexibility index (Phi) is 12.3. The largest absolute Gasteiger partial charge is 0.496 e. The van der Waals surface area contributed by atoms with Gasteiger partial charge in [0.05, 0.1) is 24.1 Å². The van der Waals surface area contributed by atoms with Gasteiger partial charge in [0.2, 0.25) is 0 Å². The molecule has 3 N–H and O–H groups in total. The van der Waals surface area contributed by atoms with Gasteiger partial charge < -0.3 is 30.7 Å². The van der Waals surface area contributed by atoms with Crippen LogP contribution in [0.25, 0.3) is 0 Å². The van der Waals surface area contributed by atoms with Crippen molar-refractivity contribution in [2.24, 2.45) is 11.8 Å². The maximum absolute atomic E-state index is 13.1. The second-order valence-corrected chi connectivity index (χ2v) is 11.0. The number of nitrogens with zero attached hydrogens (tertiary/aromatic N) is 3. The van der Waals surface area contributed by atoms with Crippen molar-refractivity contribution in [2.75, 3.05) is 33.1 Å². The van der Waals surface area contributed by atoms with Gasteiger partial charge in [0, 0.05) is 32.9 Å². The third-order valence-corrected chi connectivity index (χ3v) is 6.90. The molecule has 9 nitrogen and oxygen atoms in total. The molecule has 1 unspecified atom stereocenters. The summed E-state index contributed by atoms with van der Waals surface area (Å²) < 4.78 is 5.49. The zero-order valence-corrected chi connectivity index (χ0v) is 25.4. The highest BCUT2D eigenvalue weighted by Crippen LogP contribution is 2.29. The molecule has 0 saturated carbocycles. The first-order valence-corrected chi connectivity index (χ1v) is 13.9. The third-order valence-electron chi connectivity index (χ3n) is 6.90. The van der Waals surface area contributed by atoms with E-state index in [1.807, 2.05) is 26.8 Å². The van der Waals surface area contributed by atoms with Crippen LogP contribution in [0, 0.1) is 22.7 Å². The lowest BCUT2D eigenvalue weighted by atomic mass is 9.96. The van der Waals surface area contributed by atoms with E-state index in [0.717, 1.165) is 42.0 Å². The number of hydrogen-bond acceptors (Lipinski definition) is 6. The number of hydrogen-bond donors (Lipinski definition) is 3. The van der Waals surface area contributed by atoms with Crippen molar-refractivity contribution in [1.82, 2.24) is 14.8 Å². The van der Waals surface area contributed by atoms with Crippen molar-refractivity contribution in [3.8, 4) is 5.75 Å². The minimum atomic E-state index is -0.347. The molecule has 1 aliphatic heterocycles. The Morgan fingerprint density at radius 2 is 1.85 bits per heavy atom. The van der Waals surface area contributed by atoms with Crippen LogP contribution in [-0.4, -0.2) is 65.9 Å². The summed E-state index contributed by atoms with van der Waals surface area (Å²) in [7, 11) is 5.00. The van der Waals surface area contributed by atoms with Gasteiger partial charge in [-0.2, -0.15) is 0 Å². The van der Waals surface area contributed by atoms with E-state index in [1.165, 1.54) is 7.11 Å². The number of methoxy groups -OCH3 is 1. The second kappa shape index (κ2) is 15.1. The molecular formula is C31H46N6O3. The first-order valence-electron chi connectivity index (χ1n) is 13.9. The fourth-order valence-corrected chi connectivity index (χ4v) is 4.18. The zero-order valence-electron chi connectivity index (χ0n) is 25.4. The fourth-order valence-electron chi connectivity index (χ4n) is 4.18. The molecule has 1 atom stereocenters. The molecule has 218 valence electrons. The zero-order chi connectivity index (χ0) is 30.0. The number of benzene rings is 1. The number of amides is 3. The van der Waals surface area contributed by atoms with E-state index in [9.17, 15) is 9.59 Å². The van der Waals surface area contributed by atoms with Gasteiger partial charge in [-0.05, 0) is 79.8 Å². The van der Waals surface area contributed by atoms with Gasteiger partial charge in [-0.1, -0.05) is 33.8 Å². The number of carbonyl (C=O) groups excluding carboxylic acids is 2. The molecule has 0 aliphatic carbocycles. The standard InChI is InChI=1S/C24H31N5O3.C7H15N/c1-6-15(2)22(25)19-8-7-9-21(26-19)27-23(30)18-12-17-14-29(24(31)28(3)4)11-10-16(17)13-20(18)32-5;1-6(2)4-5-7(3)8/h7-9,12-13,15,25H,6,10-11,14H2,1-5H3,(H,26,27,30);6,8H,4-5H2,1-3H3. The van der Waals surface area contributed by atoms with Crippen LogP contribution in [0.4, 0.5) is 10.6 Å². The van der Waals surface area contributed by atoms with E-state index < -0.39 is 0 Å². The number of nitrogens with one attached hydrogen (secondary N) is 3. The normalized spacial score (nSPS) is 13.0. The molecule has 1 aliphatic rings. The summed E-state index contributed by atoms with van der Waals surface area (Å²) in [4.78, 5) is 33.2. The van der Waals surface area contributed by atoms with Gasteiger partial charge in [-0.15, -0.1) is 0 Å². The Balaban J connectivity index is 0.000000611. The molecule has 0 spiro atoms. The van der Waals surface area contributed by atoms with Gasteiger partial charge in [-0.25, -0.2) is 9.78 Å². The van der Waals surface area contributed by atoms with Crippen molar-refractivity contribution >= 4 is 29.2 Å². The Bertz CT molecular complexity index is 1210. The monoisotopic (exact) mass is 550 g/mol. The smallest absolute Gasteiger partial charge is 0.319 e. The lowest BCUT2D eigenvalue weighted by molar-refractivity contribution is 0.102. The van der Waals surface area contributed by atoms with E-state index in [2.05, 4.69) is 24.1 Å². The average Bonchev–Trinajstić information content (AvgIpc) is 2.94. The topological polar surface area (TPSA) is 122 Å². The maximum atomic E-state index is 13.1. The minimum Gasteiger partial charge on any atom is -0.496 e. The Morgan fingerprint density at radius 3 is 2.40 bits per heavy atom. The van der Waals surface area contributed by atoms with Crippen molar-refractivity contribution in [3.63, 3.8) is 0 Å². The van der Waals surface area contributed by atoms with Crippen molar-refractivity contribution in [3.05, 3.63) is 52.7 Å². The van der Waals surface area contributed by atoms with Gasteiger partial charge in [0.15, 0.2) is 0 Å². The maximum Gasteiger partial charge on any atom is 0.319 e. The highest BCUT2D eigenvalue weighted by molar-refractivity contribution is 6.06. The summed E-state index contributed by atoms with van der Waals surface area (Å²) >= 11 is 0. The van der Waals surface area contributed by atoms with E-state index in [4.69, 9.17) is 15.6 Å². The third kappa shape index (κ3) is 9.17. The van der Waals surface area contributed by atoms with Gasteiger partial charge in [0.25, 0.3) is 5.91 Å². The van der Waals surface area contributed by atoms with Gasteiger partial charge >= 0.3 is 6.03 Å². The number of carbonyl (C=O) groups is 2. The minimum absolute atomic E-state index is 0.0535. The molecule has 2 aromatic rings. The molecule has 0 bridgehead atoms. The quantitative estimate of drug-likeness (QED) is 0.319. The summed E-state index contributed by atoms with van der Waals surface area (Å²) in [5.74, 6) is 1.35. The number of aromatic nitrogens is 1. The number of urea groups is 1. The van der Waals surface area contributed by atoms with Gasteiger partial charge in [0.1, 0.15) is 11.6 Å². The Morgan fingerprint density at radius 1 is 1.15 bits per heavy atom. The van der Waals surface area contributed by atoms with Crippen LogP contribution in [0.2, 0.25) is 0 Å². The van der Waals surface area contributed by atoms with Crippen LogP contribution < -0.4 is 10.1 Å². The number of fused-ring (bicyclic) bond motifs is 1. The number of pyridine rings is 1. The highest BCUT2D eigenvalue weighted by atomic mass is 16.5. The lowest BCUT2D eigenvalue weighted by Crippen LogP contribution is -2.42. The predicted molar refractivity (Wildman–Crippen MR) is 162 cm³/mol. The molecule has 1 aromatic carbocycles. The van der Waals surface area contributed by atoms with Crippen molar-refractivity contribution in [2.45, 2.75) is 66.8 Å². The predicted octanol–water partition coefficient (Wildman–Crippen LogP) is 6.26. The molecule has 1 aromatic heterocycles. The number of ether oxygens (including phenoxy) is 1. The average molecular weight is 551 g/mol. The molecule has 0 radical (unpaired) electrons. The fraction of sp³-hybridized carbons (Fsp3) is 0.516. The molecule has 2 heterocycles. The lowest BCUT2D eigenvalue weighted by Gasteiger charge is -2.31. The molecule has 3 amide bonds. The summed E-state index contributed by atoms with van der Waals surface area (Å²) in [6.45, 7) is 11.3. The van der Waals surface area contributed by atoms with E-state index >= 15 is 0 Å². The van der Waals surface area contributed by atoms with Gasteiger partial charge in [-0.3, -0.25) is 4.79 Å². The van der Waals surface area contributed by atoms with Crippen LogP contribution in [0.15, 0.2) is 30.3 Å². The molecule has 0 fully saturated rings. The van der Waals surface area contributed by atoms with Crippen LogP contribution >= 0.6 is 0 Å². The van der Waals surface area contributed by atoms with Crippen molar-refractivity contribution in [1.29, 1.82) is 10.8 Å². The molecule has 40 heavy (non-hydrogen) atoms. The van der Waals surface area contributed by atoms with Crippen LogP contribution in [-0.2, 0) is 13.0 Å².